The molecule has 0 spiro atoms. The van der Waals surface area contributed by atoms with E-state index in [0.29, 0.717) is 23.5 Å². The maximum atomic E-state index is 5.79. The Morgan fingerprint density at radius 2 is 2.08 bits per heavy atom. The highest BCUT2D eigenvalue weighted by Gasteiger charge is 2.30. The highest BCUT2D eigenvalue weighted by atomic mass is 32.2. The van der Waals surface area contributed by atoms with Crippen molar-refractivity contribution in [2.75, 3.05) is 0 Å². The number of aryl methyl sites for hydroxylation is 1. The number of benzene rings is 1. The van der Waals surface area contributed by atoms with Crippen LogP contribution in [0.25, 0.3) is 11.5 Å². The molecule has 0 atom stereocenters. The second kappa shape index (κ2) is 6.39. The molecule has 0 unspecified atom stereocenters. The second-order valence-corrected chi connectivity index (χ2v) is 6.96. The van der Waals surface area contributed by atoms with Gasteiger partial charge < -0.3 is 8.98 Å². The van der Waals surface area contributed by atoms with E-state index in [2.05, 4.69) is 31.9 Å². The molecule has 2 heterocycles. The van der Waals surface area contributed by atoms with Crippen molar-refractivity contribution in [3.05, 3.63) is 41.5 Å². The second-order valence-electron chi connectivity index (χ2n) is 6.02. The molecule has 0 bridgehead atoms. The molecule has 1 aliphatic rings. The maximum absolute atomic E-state index is 5.79. The lowest BCUT2D eigenvalue weighted by atomic mass is 10.1. The Hall–Kier alpha value is -2.15. The average Bonchev–Trinajstić information content (AvgIpc) is 3.18. The zero-order valence-corrected chi connectivity index (χ0v) is 14.6. The third-order valence-corrected chi connectivity index (χ3v) is 5.01. The SMILES string of the molecule is CCn1c(SCc2nnc(-c3cccc(C)c3)o2)nnc1C1CC1. The summed E-state index contributed by atoms with van der Waals surface area (Å²) in [5.41, 5.74) is 2.12. The van der Waals surface area contributed by atoms with Crippen molar-refractivity contribution in [2.24, 2.45) is 0 Å². The van der Waals surface area contributed by atoms with Crippen LogP contribution in [-0.2, 0) is 12.3 Å². The molecule has 1 fully saturated rings. The third kappa shape index (κ3) is 3.08. The summed E-state index contributed by atoms with van der Waals surface area (Å²) in [5.74, 6) is 3.48. The quantitative estimate of drug-likeness (QED) is 0.635. The Labute approximate surface area is 144 Å². The largest absolute Gasteiger partial charge is 0.420 e. The first-order chi connectivity index (χ1) is 11.7. The molecule has 0 saturated heterocycles. The number of rotatable bonds is 6. The first kappa shape index (κ1) is 15.4. The summed E-state index contributed by atoms with van der Waals surface area (Å²) < 4.78 is 7.98. The van der Waals surface area contributed by atoms with Gasteiger partial charge in [0.1, 0.15) is 5.82 Å². The molecule has 124 valence electrons. The molecule has 1 aliphatic carbocycles. The molecule has 7 heteroatoms. The van der Waals surface area contributed by atoms with Crippen molar-refractivity contribution in [3.63, 3.8) is 0 Å². The van der Waals surface area contributed by atoms with E-state index in [0.717, 1.165) is 23.1 Å². The lowest BCUT2D eigenvalue weighted by Crippen LogP contribution is -2.02. The summed E-state index contributed by atoms with van der Waals surface area (Å²) in [6.45, 7) is 5.06. The first-order valence-corrected chi connectivity index (χ1v) is 9.18. The van der Waals surface area contributed by atoms with Crippen LogP contribution >= 0.6 is 11.8 Å². The lowest BCUT2D eigenvalue weighted by molar-refractivity contribution is 0.528. The molecule has 0 N–H and O–H groups in total. The van der Waals surface area contributed by atoms with Gasteiger partial charge in [-0.05, 0) is 38.8 Å². The van der Waals surface area contributed by atoms with Crippen molar-refractivity contribution in [3.8, 4) is 11.5 Å². The van der Waals surface area contributed by atoms with E-state index in [9.17, 15) is 0 Å². The monoisotopic (exact) mass is 341 g/mol. The summed E-state index contributed by atoms with van der Waals surface area (Å²) >= 11 is 1.60. The zero-order chi connectivity index (χ0) is 16.5. The van der Waals surface area contributed by atoms with Gasteiger partial charge in [0.25, 0.3) is 0 Å². The smallest absolute Gasteiger partial charge is 0.247 e. The van der Waals surface area contributed by atoms with Gasteiger partial charge in [-0.1, -0.05) is 29.5 Å². The van der Waals surface area contributed by atoms with Crippen molar-refractivity contribution in [1.29, 1.82) is 0 Å². The molecule has 24 heavy (non-hydrogen) atoms. The topological polar surface area (TPSA) is 69.6 Å². The van der Waals surface area contributed by atoms with Gasteiger partial charge in [0.05, 0.1) is 5.75 Å². The molecule has 0 amide bonds. The van der Waals surface area contributed by atoms with Gasteiger partial charge in [-0.15, -0.1) is 20.4 Å². The standard InChI is InChI=1S/C17H19N5OS/c1-3-22-15(12-7-8-12)19-21-17(22)24-10-14-18-20-16(23-14)13-6-4-5-11(2)9-13/h4-6,9,12H,3,7-8,10H2,1-2H3. The van der Waals surface area contributed by atoms with Gasteiger partial charge >= 0.3 is 0 Å². The van der Waals surface area contributed by atoms with Crippen molar-refractivity contribution in [1.82, 2.24) is 25.0 Å². The molecular formula is C17H19N5OS. The summed E-state index contributed by atoms with van der Waals surface area (Å²) in [6.07, 6.45) is 2.46. The maximum Gasteiger partial charge on any atom is 0.247 e. The summed E-state index contributed by atoms with van der Waals surface area (Å²) in [4.78, 5) is 0. The van der Waals surface area contributed by atoms with Crippen LogP contribution in [0.2, 0.25) is 0 Å². The highest BCUT2D eigenvalue weighted by Crippen LogP contribution is 2.40. The van der Waals surface area contributed by atoms with Crippen molar-refractivity contribution < 1.29 is 4.42 Å². The van der Waals surface area contributed by atoms with Gasteiger partial charge in [0.2, 0.25) is 11.8 Å². The summed E-state index contributed by atoms with van der Waals surface area (Å²) in [7, 11) is 0. The van der Waals surface area contributed by atoms with Crippen LogP contribution in [0.4, 0.5) is 0 Å². The molecular weight excluding hydrogens is 322 g/mol. The van der Waals surface area contributed by atoms with E-state index in [1.54, 1.807) is 11.8 Å². The Morgan fingerprint density at radius 1 is 1.21 bits per heavy atom. The third-order valence-electron chi connectivity index (χ3n) is 4.06. The molecule has 0 radical (unpaired) electrons. The minimum absolute atomic E-state index is 0.560. The summed E-state index contributed by atoms with van der Waals surface area (Å²) in [6, 6.07) is 8.06. The molecule has 6 nitrogen and oxygen atoms in total. The van der Waals surface area contributed by atoms with E-state index in [4.69, 9.17) is 4.42 Å². The minimum atomic E-state index is 0.560. The lowest BCUT2D eigenvalue weighted by Gasteiger charge is -2.05. The fourth-order valence-electron chi connectivity index (χ4n) is 2.68. The van der Waals surface area contributed by atoms with Crippen LogP contribution in [0, 0.1) is 6.92 Å². The minimum Gasteiger partial charge on any atom is -0.420 e. The molecule has 4 rings (SSSR count). The van der Waals surface area contributed by atoms with Gasteiger partial charge in [-0.25, -0.2) is 0 Å². The van der Waals surface area contributed by atoms with E-state index >= 15 is 0 Å². The fourth-order valence-corrected chi connectivity index (χ4v) is 3.53. The Morgan fingerprint density at radius 3 is 2.83 bits per heavy atom. The highest BCUT2D eigenvalue weighted by molar-refractivity contribution is 7.98. The Balaban J connectivity index is 1.47. The van der Waals surface area contributed by atoms with Crippen LogP contribution < -0.4 is 0 Å². The van der Waals surface area contributed by atoms with Gasteiger partial charge in [-0.2, -0.15) is 0 Å². The van der Waals surface area contributed by atoms with Crippen LogP contribution in [0.5, 0.6) is 0 Å². The van der Waals surface area contributed by atoms with Crippen LogP contribution in [-0.4, -0.2) is 25.0 Å². The van der Waals surface area contributed by atoms with E-state index < -0.39 is 0 Å². The molecule has 1 saturated carbocycles. The van der Waals surface area contributed by atoms with E-state index in [1.165, 1.54) is 18.4 Å². The number of thioether (sulfide) groups is 1. The van der Waals surface area contributed by atoms with Crippen LogP contribution in [0.3, 0.4) is 0 Å². The molecule has 2 aromatic heterocycles. The predicted octanol–water partition coefficient (Wildman–Crippen LogP) is 3.83. The average molecular weight is 341 g/mol. The number of aromatic nitrogens is 5. The fraction of sp³-hybridized carbons (Fsp3) is 0.412. The van der Waals surface area contributed by atoms with Crippen LogP contribution in [0.1, 0.15) is 43.0 Å². The normalized spacial score (nSPS) is 14.2. The Bertz CT molecular complexity index is 852. The number of nitrogens with zero attached hydrogens (tertiary/aromatic N) is 5. The summed E-state index contributed by atoms with van der Waals surface area (Å²) in [5, 5.41) is 17.9. The number of hydrogen-bond donors (Lipinski definition) is 0. The van der Waals surface area contributed by atoms with E-state index in [-0.39, 0.29) is 0 Å². The Kier molecular flexibility index (Phi) is 4.10. The molecule has 3 aromatic rings. The van der Waals surface area contributed by atoms with Crippen molar-refractivity contribution >= 4 is 11.8 Å². The predicted molar refractivity (Wildman–Crippen MR) is 91.7 cm³/mol. The van der Waals surface area contributed by atoms with Gasteiger partial charge in [-0.3, -0.25) is 0 Å². The van der Waals surface area contributed by atoms with E-state index in [1.807, 2.05) is 31.2 Å². The molecule has 0 aliphatic heterocycles. The van der Waals surface area contributed by atoms with Crippen LogP contribution in [0.15, 0.2) is 33.8 Å². The van der Waals surface area contributed by atoms with Gasteiger partial charge in [0.15, 0.2) is 5.16 Å². The van der Waals surface area contributed by atoms with Gasteiger partial charge in [0, 0.05) is 18.0 Å². The number of hydrogen-bond acceptors (Lipinski definition) is 6. The molecule has 1 aromatic carbocycles. The zero-order valence-electron chi connectivity index (χ0n) is 13.8. The van der Waals surface area contributed by atoms with Crippen molar-refractivity contribution in [2.45, 2.75) is 50.1 Å². The first-order valence-electron chi connectivity index (χ1n) is 8.20.